The molecule has 0 aliphatic carbocycles. The average molecular weight is 557 g/mol. The highest BCUT2D eigenvalue weighted by Crippen LogP contribution is 2.38. The summed E-state index contributed by atoms with van der Waals surface area (Å²) in [5, 5.41) is 12.9. The van der Waals surface area contributed by atoms with Crippen molar-refractivity contribution in [2.75, 3.05) is 0 Å². The first-order valence-electron chi connectivity index (χ1n) is 15.3. The second-order valence-corrected chi connectivity index (χ2v) is 11.7. The van der Waals surface area contributed by atoms with Gasteiger partial charge in [-0.2, -0.15) is 0 Å². The highest BCUT2D eigenvalue weighted by Gasteiger charge is 2.11. The largest absolute Gasteiger partial charge is 0.0616 e. The van der Waals surface area contributed by atoms with E-state index in [1.165, 1.54) is 87.2 Å². The van der Waals surface area contributed by atoms with Gasteiger partial charge in [0.25, 0.3) is 0 Å². The molecule has 0 atom stereocenters. The molecule has 0 unspecified atom stereocenters. The van der Waals surface area contributed by atoms with Crippen LogP contribution >= 0.6 is 0 Å². The first-order valence-corrected chi connectivity index (χ1v) is 15.3. The fourth-order valence-corrected chi connectivity index (χ4v) is 7.04. The summed E-state index contributed by atoms with van der Waals surface area (Å²) in [6.45, 7) is 0. The number of rotatable bonds is 3. The van der Waals surface area contributed by atoms with E-state index in [4.69, 9.17) is 0 Å². The van der Waals surface area contributed by atoms with Crippen LogP contribution in [-0.4, -0.2) is 0 Å². The molecule has 0 saturated heterocycles. The third-order valence-corrected chi connectivity index (χ3v) is 9.21. The van der Waals surface area contributed by atoms with Gasteiger partial charge >= 0.3 is 0 Å². The van der Waals surface area contributed by atoms with Gasteiger partial charge in [-0.05, 0) is 112 Å². The molecule has 0 amide bonds. The van der Waals surface area contributed by atoms with Crippen molar-refractivity contribution in [3.8, 4) is 33.4 Å². The molecule has 0 heteroatoms. The fraction of sp³-hybridized carbons (Fsp3) is 0. The predicted molar refractivity (Wildman–Crippen MR) is 190 cm³/mol. The smallest absolute Gasteiger partial charge is 0.00928 e. The van der Waals surface area contributed by atoms with Gasteiger partial charge in [0.15, 0.2) is 0 Å². The SMILES string of the molecule is c1cc(-c2ccc3cc(-c4cccc5ccccc45)ccc3c2)cc(-c2ccc3c4ccccc4c4ccccc4c3c2)c1. The lowest BCUT2D eigenvalue weighted by Crippen LogP contribution is -1.86. The fourth-order valence-electron chi connectivity index (χ4n) is 7.04. The quantitative estimate of drug-likeness (QED) is 0.190. The van der Waals surface area contributed by atoms with Crippen LogP contribution < -0.4 is 0 Å². The van der Waals surface area contributed by atoms with E-state index in [1.54, 1.807) is 0 Å². The van der Waals surface area contributed by atoms with E-state index in [0.29, 0.717) is 0 Å². The number of benzene rings is 9. The van der Waals surface area contributed by atoms with Crippen LogP contribution in [0.25, 0.3) is 87.2 Å². The standard InChI is InChI=1S/C44H28/c1-2-13-37-29(9-1)10-8-18-38(37)36-22-21-33-26-32(19-20-34(33)27-36)30-11-7-12-31(25-30)35-23-24-43-41-16-4-3-14-39(41)40-15-5-6-17-42(40)44(43)28-35/h1-28H. The Balaban J connectivity index is 1.12. The molecule has 0 saturated carbocycles. The molecule has 0 fully saturated rings. The van der Waals surface area contributed by atoms with Gasteiger partial charge in [0, 0.05) is 0 Å². The van der Waals surface area contributed by atoms with Gasteiger partial charge in [-0.25, -0.2) is 0 Å². The number of hydrogen-bond donors (Lipinski definition) is 0. The van der Waals surface area contributed by atoms with E-state index < -0.39 is 0 Å². The first kappa shape index (κ1) is 24.8. The van der Waals surface area contributed by atoms with Gasteiger partial charge in [-0.3, -0.25) is 0 Å². The van der Waals surface area contributed by atoms with E-state index in [9.17, 15) is 0 Å². The van der Waals surface area contributed by atoms with E-state index in [1.807, 2.05) is 0 Å². The van der Waals surface area contributed by atoms with Gasteiger partial charge in [0.2, 0.25) is 0 Å². The second kappa shape index (κ2) is 9.93. The minimum absolute atomic E-state index is 1.23. The molecule has 44 heavy (non-hydrogen) atoms. The summed E-state index contributed by atoms with van der Waals surface area (Å²) >= 11 is 0. The van der Waals surface area contributed by atoms with Crippen LogP contribution in [0, 0.1) is 0 Å². The zero-order chi connectivity index (χ0) is 29.0. The van der Waals surface area contributed by atoms with Gasteiger partial charge in [-0.15, -0.1) is 0 Å². The minimum atomic E-state index is 1.23. The number of hydrogen-bond acceptors (Lipinski definition) is 0. The molecule has 0 heterocycles. The maximum atomic E-state index is 2.37. The van der Waals surface area contributed by atoms with Crippen LogP contribution in [0.1, 0.15) is 0 Å². The minimum Gasteiger partial charge on any atom is -0.0616 e. The lowest BCUT2D eigenvalue weighted by Gasteiger charge is -2.13. The zero-order valence-electron chi connectivity index (χ0n) is 24.2. The van der Waals surface area contributed by atoms with Crippen LogP contribution in [0.3, 0.4) is 0 Å². The highest BCUT2D eigenvalue weighted by atomic mass is 14.1. The maximum absolute atomic E-state index is 2.37. The molecule has 0 spiro atoms. The van der Waals surface area contributed by atoms with E-state index in [2.05, 4.69) is 170 Å². The number of fused-ring (bicyclic) bond motifs is 8. The van der Waals surface area contributed by atoms with Crippen molar-refractivity contribution in [1.29, 1.82) is 0 Å². The summed E-state index contributed by atoms with van der Waals surface area (Å²) in [7, 11) is 0. The Kier molecular flexibility index (Phi) is 5.61. The summed E-state index contributed by atoms with van der Waals surface area (Å²) in [5.41, 5.74) is 7.45. The van der Waals surface area contributed by atoms with Crippen molar-refractivity contribution in [2.45, 2.75) is 0 Å². The normalized spacial score (nSPS) is 11.6. The van der Waals surface area contributed by atoms with E-state index >= 15 is 0 Å². The maximum Gasteiger partial charge on any atom is -0.00928 e. The molecule has 0 aliphatic rings. The van der Waals surface area contributed by atoms with E-state index in [0.717, 1.165) is 0 Å². The van der Waals surface area contributed by atoms with Gasteiger partial charge in [-0.1, -0.05) is 146 Å². The Morgan fingerprint density at radius 3 is 1.36 bits per heavy atom. The molecule has 0 aromatic heterocycles. The Hall–Kier alpha value is -5.72. The Bertz CT molecular complexity index is 2510. The molecule has 204 valence electrons. The molecule has 0 radical (unpaired) electrons. The summed E-state index contributed by atoms with van der Waals surface area (Å²) in [6.07, 6.45) is 0. The Labute approximate surface area is 256 Å². The lowest BCUT2D eigenvalue weighted by atomic mass is 9.91. The second-order valence-electron chi connectivity index (χ2n) is 11.7. The third kappa shape index (κ3) is 4.00. The molecular weight excluding hydrogens is 528 g/mol. The van der Waals surface area contributed by atoms with Gasteiger partial charge < -0.3 is 0 Å². The molecule has 9 aromatic carbocycles. The molecule has 9 aromatic rings. The van der Waals surface area contributed by atoms with Crippen molar-refractivity contribution >= 4 is 53.9 Å². The third-order valence-electron chi connectivity index (χ3n) is 9.21. The lowest BCUT2D eigenvalue weighted by molar-refractivity contribution is 1.61. The summed E-state index contributed by atoms with van der Waals surface area (Å²) < 4.78 is 0. The molecule has 0 nitrogen and oxygen atoms in total. The van der Waals surface area contributed by atoms with E-state index in [-0.39, 0.29) is 0 Å². The molecule has 0 aliphatic heterocycles. The Morgan fingerprint density at radius 2 is 0.659 bits per heavy atom. The van der Waals surface area contributed by atoms with Crippen LogP contribution in [0.5, 0.6) is 0 Å². The predicted octanol–water partition coefficient (Wildman–Crippen LogP) is 12.5. The molecule has 0 bridgehead atoms. The average Bonchev–Trinajstić information content (AvgIpc) is 3.11. The van der Waals surface area contributed by atoms with Crippen molar-refractivity contribution in [3.05, 3.63) is 170 Å². The topological polar surface area (TPSA) is 0 Å². The summed E-state index contributed by atoms with van der Waals surface area (Å²) in [5.74, 6) is 0. The zero-order valence-corrected chi connectivity index (χ0v) is 24.2. The van der Waals surface area contributed by atoms with Crippen LogP contribution in [0.4, 0.5) is 0 Å². The molecular formula is C44H28. The van der Waals surface area contributed by atoms with Crippen LogP contribution in [-0.2, 0) is 0 Å². The van der Waals surface area contributed by atoms with Gasteiger partial charge in [0.1, 0.15) is 0 Å². The van der Waals surface area contributed by atoms with Crippen LogP contribution in [0.15, 0.2) is 170 Å². The summed E-state index contributed by atoms with van der Waals surface area (Å²) in [6, 6.07) is 62.3. The van der Waals surface area contributed by atoms with Gasteiger partial charge in [0.05, 0.1) is 0 Å². The summed E-state index contributed by atoms with van der Waals surface area (Å²) in [4.78, 5) is 0. The van der Waals surface area contributed by atoms with Crippen molar-refractivity contribution in [1.82, 2.24) is 0 Å². The first-order chi connectivity index (χ1) is 21.8. The Morgan fingerprint density at radius 1 is 0.205 bits per heavy atom. The molecule has 9 rings (SSSR count). The molecule has 0 N–H and O–H groups in total. The van der Waals surface area contributed by atoms with Crippen molar-refractivity contribution < 1.29 is 0 Å². The van der Waals surface area contributed by atoms with Crippen molar-refractivity contribution in [3.63, 3.8) is 0 Å². The monoisotopic (exact) mass is 556 g/mol. The van der Waals surface area contributed by atoms with Crippen molar-refractivity contribution in [2.24, 2.45) is 0 Å². The highest BCUT2D eigenvalue weighted by molar-refractivity contribution is 6.25. The van der Waals surface area contributed by atoms with Crippen LogP contribution in [0.2, 0.25) is 0 Å².